The molecule has 1 atom stereocenters. The van der Waals surface area contributed by atoms with Gasteiger partial charge in [0.2, 0.25) is 0 Å². The average molecular weight is 233 g/mol. The van der Waals surface area contributed by atoms with E-state index in [0.717, 1.165) is 17.7 Å². The summed E-state index contributed by atoms with van der Waals surface area (Å²) < 4.78 is 15.4. The fraction of sp³-hybridized carbons (Fsp3) is 0.308. The fourth-order valence-electron chi connectivity index (χ4n) is 1.98. The highest BCUT2D eigenvalue weighted by Gasteiger charge is 2.18. The van der Waals surface area contributed by atoms with Gasteiger partial charge in [0.1, 0.15) is 5.82 Å². The number of nitrogens with two attached hydrogens (primary N) is 1. The van der Waals surface area contributed by atoms with Gasteiger partial charge in [0.15, 0.2) is 0 Å². The first-order chi connectivity index (χ1) is 8.13. The average Bonchev–Trinajstić information content (AvgIpc) is 2.70. The molecule has 4 heteroatoms. The van der Waals surface area contributed by atoms with Crippen LogP contribution in [0.25, 0.3) is 0 Å². The van der Waals surface area contributed by atoms with Crippen molar-refractivity contribution in [2.24, 2.45) is 12.8 Å². The van der Waals surface area contributed by atoms with Crippen molar-refractivity contribution in [2.75, 3.05) is 0 Å². The van der Waals surface area contributed by atoms with E-state index in [1.54, 1.807) is 22.9 Å². The SMILES string of the molecule is CCc1nn(C)cc1C(N)c1ccccc1F. The van der Waals surface area contributed by atoms with Crippen LogP contribution in [0.2, 0.25) is 0 Å². The lowest BCUT2D eigenvalue weighted by Gasteiger charge is -2.12. The van der Waals surface area contributed by atoms with Gasteiger partial charge in [0.25, 0.3) is 0 Å². The Hall–Kier alpha value is -1.68. The summed E-state index contributed by atoms with van der Waals surface area (Å²) in [5.41, 5.74) is 8.43. The van der Waals surface area contributed by atoms with Crippen molar-refractivity contribution in [3.05, 3.63) is 53.1 Å². The zero-order valence-electron chi connectivity index (χ0n) is 10.0. The van der Waals surface area contributed by atoms with Gasteiger partial charge in [-0.05, 0) is 12.5 Å². The summed E-state index contributed by atoms with van der Waals surface area (Å²) in [4.78, 5) is 0. The lowest BCUT2D eigenvalue weighted by molar-refractivity contribution is 0.599. The minimum atomic E-state index is -0.458. The van der Waals surface area contributed by atoms with E-state index in [4.69, 9.17) is 5.73 Å². The van der Waals surface area contributed by atoms with Gasteiger partial charge in [0.05, 0.1) is 11.7 Å². The van der Waals surface area contributed by atoms with E-state index in [1.165, 1.54) is 6.07 Å². The maximum Gasteiger partial charge on any atom is 0.128 e. The summed E-state index contributed by atoms with van der Waals surface area (Å²) in [6, 6.07) is 6.14. The third-order valence-electron chi connectivity index (χ3n) is 2.85. The highest BCUT2D eigenvalue weighted by atomic mass is 19.1. The molecule has 0 aliphatic rings. The Labute approximate surface area is 100 Å². The highest BCUT2D eigenvalue weighted by Crippen LogP contribution is 2.24. The first-order valence-electron chi connectivity index (χ1n) is 5.66. The summed E-state index contributed by atoms with van der Waals surface area (Å²) in [7, 11) is 1.84. The first kappa shape index (κ1) is 11.8. The summed E-state index contributed by atoms with van der Waals surface area (Å²) in [6.45, 7) is 2.01. The molecule has 0 spiro atoms. The van der Waals surface area contributed by atoms with Gasteiger partial charge in [-0.2, -0.15) is 5.10 Å². The van der Waals surface area contributed by atoms with Gasteiger partial charge in [0, 0.05) is 24.4 Å². The third-order valence-corrected chi connectivity index (χ3v) is 2.85. The zero-order chi connectivity index (χ0) is 12.4. The van der Waals surface area contributed by atoms with Crippen molar-refractivity contribution in [1.82, 2.24) is 9.78 Å². The van der Waals surface area contributed by atoms with Crippen LogP contribution in [0.1, 0.15) is 29.8 Å². The molecule has 90 valence electrons. The van der Waals surface area contributed by atoms with Crippen LogP contribution in [-0.4, -0.2) is 9.78 Å². The van der Waals surface area contributed by atoms with Crippen LogP contribution < -0.4 is 5.73 Å². The monoisotopic (exact) mass is 233 g/mol. The van der Waals surface area contributed by atoms with Crippen molar-refractivity contribution >= 4 is 0 Å². The van der Waals surface area contributed by atoms with Crippen molar-refractivity contribution in [2.45, 2.75) is 19.4 Å². The fourth-order valence-corrected chi connectivity index (χ4v) is 1.98. The molecule has 2 aromatic rings. The smallest absolute Gasteiger partial charge is 0.128 e. The van der Waals surface area contributed by atoms with Gasteiger partial charge in [-0.25, -0.2) is 4.39 Å². The maximum absolute atomic E-state index is 13.7. The molecule has 3 nitrogen and oxygen atoms in total. The van der Waals surface area contributed by atoms with Crippen molar-refractivity contribution in [1.29, 1.82) is 0 Å². The Kier molecular flexibility index (Phi) is 3.24. The molecule has 1 aromatic heterocycles. The second-order valence-corrected chi connectivity index (χ2v) is 4.06. The largest absolute Gasteiger partial charge is 0.320 e. The Morgan fingerprint density at radius 1 is 1.35 bits per heavy atom. The molecule has 0 bridgehead atoms. The number of hydrogen-bond donors (Lipinski definition) is 1. The zero-order valence-corrected chi connectivity index (χ0v) is 10.0. The van der Waals surface area contributed by atoms with Gasteiger partial charge in [-0.15, -0.1) is 0 Å². The van der Waals surface area contributed by atoms with Crippen molar-refractivity contribution in [3.8, 4) is 0 Å². The molecule has 2 rings (SSSR count). The van der Waals surface area contributed by atoms with Gasteiger partial charge >= 0.3 is 0 Å². The van der Waals surface area contributed by atoms with Gasteiger partial charge in [-0.1, -0.05) is 25.1 Å². The highest BCUT2D eigenvalue weighted by molar-refractivity contribution is 5.33. The van der Waals surface area contributed by atoms with Gasteiger partial charge in [-0.3, -0.25) is 4.68 Å². The van der Waals surface area contributed by atoms with E-state index in [9.17, 15) is 4.39 Å². The van der Waals surface area contributed by atoms with Crippen LogP contribution >= 0.6 is 0 Å². The van der Waals surface area contributed by atoms with Crippen LogP contribution in [0.4, 0.5) is 4.39 Å². The number of aryl methyl sites for hydroxylation is 2. The molecule has 0 saturated carbocycles. The van der Waals surface area contributed by atoms with Crippen LogP contribution in [0, 0.1) is 5.82 Å². The molecule has 17 heavy (non-hydrogen) atoms. The molecular formula is C13H16FN3. The Morgan fingerprint density at radius 3 is 2.71 bits per heavy atom. The molecule has 1 unspecified atom stereocenters. The molecule has 0 saturated heterocycles. The molecular weight excluding hydrogens is 217 g/mol. The third kappa shape index (κ3) is 2.22. The van der Waals surface area contributed by atoms with E-state index >= 15 is 0 Å². The van der Waals surface area contributed by atoms with E-state index in [2.05, 4.69) is 5.10 Å². The summed E-state index contributed by atoms with van der Waals surface area (Å²) >= 11 is 0. The minimum absolute atomic E-state index is 0.272. The van der Waals surface area contributed by atoms with Crippen molar-refractivity contribution in [3.63, 3.8) is 0 Å². The molecule has 0 amide bonds. The summed E-state index contributed by atoms with van der Waals surface area (Å²) in [6.07, 6.45) is 2.65. The molecule has 1 heterocycles. The molecule has 0 aliphatic heterocycles. The second kappa shape index (κ2) is 4.67. The van der Waals surface area contributed by atoms with E-state index in [-0.39, 0.29) is 5.82 Å². The normalized spacial score (nSPS) is 12.7. The van der Waals surface area contributed by atoms with Gasteiger partial charge < -0.3 is 5.73 Å². The van der Waals surface area contributed by atoms with Crippen LogP contribution in [0.3, 0.4) is 0 Å². The predicted molar refractivity (Wildman–Crippen MR) is 65.0 cm³/mol. The predicted octanol–water partition coefficient (Wildman–Crippen LogP) is 2.17. The Bertz CT molecular complexity index is 519. The molecule has 0 aliphatic carbocycles. The number of halogens is 1. The second-order valence-electron chi connectivity index (χ2n) is 4.06. The number of aromatic nitrogens is 2. The molecule has 0 fully saturated rings. The van der Waals surface area contributed by atoms with Crippen molar-refractivity contribution < 1.29 is 4.39 Å². The number of rotatable bonds is 3. The topological polar surface area (TPSA) is 43.8 Å². The number of nitrogens with zero attached hydrogens (tertiary/aromatic N) is 2. The lowest BCUT2D eigenvalue weighted by atomic mass is 9.99. The van der Waals surface area contributed by atoms with E-state index in [1.807, 2.05) is 20.2 Å². The standard InChI is InChI=1S/C13H16FN3/c1-3-12-10(8-17(2)16-12)13(15)9-6-4-5-7-11(9)14/h4-8,13H,3,15H2,1-2H3. The summed E-state index contributed by atoms with van der Waals surface area (Å²) in [5.74, 6) is -0.272. The number of hydrogen-bond acceptors (Lipinski definition) is 2. The summed E-state index contributed by atoms with van der Waals surface area (Å²) in [5, 5.41) is 4.32. The van der Waals surface area contributed by atoms with Crippen LogP contribution in [0.5, 0.6) is 0 Å². The Morgan fingerprint density at radius 2 is 2.06 bits per heavy atom. The van der Waals surface area contributed by atoms with E-state index in [0.29, 0.717) is 5.56 Å². The molecule has 0 radical (unpaired) electrons. The van der Waals surface area contributed by atoms with E-state index < -0.39 is 6.04 Å². The molecule has 1 aromatic carbocycles. The minimum Gasteiger partial charge on any atom is -0.320 e. The quantitative estimate of drug-likeness (QED) is 0.883. The first-order valence-corrected chi connectivity index (χ1v) is 5.66. The molecule has 2 N–H and O–H groups in total. The maximum atomic E-state index is 13.7. The number of benzene rings is 1. The van der Waals surface area contributed by atoms with Crippen LogP contribution in [0.15, 0.2) is 30.5 Å². The Balaban J connectivity index is 2.43. The lowest BCUT2D eigenvalue weighted by Crippen LogP contribution is -2.14. The van der Waals surface area contributed by atoms with Crippen LogP contribution in [-0.2, 0) is 13.5 Å².